The van der Waals surface area contributed by atoms with Crippen molar-refractivity contribution in [2.24, 2.45) is 5.92 Å². The SMILES string of the molecule is N#CC(=C=N)C1=CC2=CC(=C(C#N)C#N)CCC2CC1. The van der Waals surface area contributed by atoms with Gasteiger partial charge >= 0.3 is 0 Å². The van der Waals surface area contributed by atoms with E-state index in [-0.39, 0.29) is 11.1 Å². The first-order chi connectivity index (χ1) is 9.73. The van der Waals surface area contributed by atoms with Gasteiger partial charge < -0.3 is 0 Å². The Labute approximate surface area is 117 Å². The molecular formula is C16H12N4. The minimum absolute atomic E-state index is 0.166. The lowest BCUT2D eigenvalue weighted by atomic mass is 9.76. The van der Waals surface area contributed by atoms with E-state index < -0.39 is 0 Å². The second-order valence-electron chi connectivity index (χ2n) is 4.82. The van der Waals surface area contributed by atoms with E-state index in [2.05, 4.69) is 5.87 Å². The Morgan fingerprint density at radius 3 is 2.35 bits per heavy atom. The smallest absolute Gasteiger partial charge is 0.132 e. The van der Waals surface area contributed by atoms with Crippen LogP contribution in [0, 0.1) is 45.3 Å². The number of allylic oxidation sites excluding steroid dienone is 7. The number of hydrogen-bond acceptors (Lipinski definition) is 4. The highest BCUT2D eigenvalue weighted by Crippen LogP contribution is 2.39. The van der Waals surface area contributed by atoms with Crippen LogP contribution in [-0.4, -0.2) is 5.87 Å². The van der Waals surface area contributed by atoms with Gasteiger partial charge in [-0.05, 0) is 54.2 Å². The van der Waals surface area contributed by atoms with Crippen LogP contribution in [-0.2, 0) is 0 Å². The summed E-state index contributed by atoms with van der Waals surface area (Å²) < 4.78 is 0. The first kappa shape index (κ1) is 13.6. The maximum atomic E-state index is 8.97. The molecule has 1 N–H and O–H groups in total. The minimum Gasteiger partial charge on any atom is -0.258 e. The lowest BCUT2D eigenvalue weighted by molar-refractivity contribution is 0.501. The zero-order valence-corrected chi connectivity index (χ0v) is 10.9. The molecule has 0 spiro atoms. The molecule has 0 saturated heterocycles. The predicted molar refractivity (Wildman–Crippen MR) is 73.2 cm³/mol. The first-order valence-electron chi connectivity index (χ1n) is 6.39. The molecule has 1 unspecified atom stereocenters. The number of rotatable bonds is 1. The van der Waals surface area contributed by atoms with Crippen molar-refractivity contribution >= 4 is 5.87 Å². The van der Waals surface area contributed by atoms with Crippen molar-refractivity contribution in [1.29, 1.82) is 21.2 Å². The normalized spacial score (nSPS) is 20.1. The maximum absolute atomic E-state index is 8.97. The summed E-state index contributed by atoms with van der Waals surface area (Å²) in [5.41, 5.74) is 3.08. The topological polar surface area (TPSA) is 95.2 Å². The van der Waals surface area contributed by atoms with Crippen LogP contribution in [0.25, 0.3) is 0 Å². The maximum Gasteiger partial charge on any atom is 0.132 e. The van der Waals surface area contributed by atoms with E-state index >= 15 is 0 Å². The van der Waals surface area contributed by atoms with E-state index in [1.807, 2.05) is 30.4 Å². The molecule has 0 fully saturated rings. The van der Waals surface area contributed by atoms with Crippen LogP contribution >= 0.6 is 0 Å². The Balaban J connectivity index is 2.47. The van der Waals surface area contributed by atoms with E-state index in [0.29, 0.717) is 5.92 Å². The van der Waals surface area contributed by atoms with Crippen molar-refractivity contribution in [2.75, 3.05) is 0 Å². The fourth-order valence-corrected chi connectivity index (χ4v) is 2.70. The van der Waals surface area contributed by atoms with Crippen LogP contribution in [0.5, 0.6) is 0 Å². The van der Waals surface area contributed by atoms with E-state index in [9.17, 15) is 0 Å². The van der Waals surface area contributed by atoms with Gasteiger partial charge in [0.1, 0.15) is 29.4 Å². The van der Waals surface area contributed by atoms with Crippen LogP contribution in [0.3, 0.4) is 0 Å². The number of nitrogens with zero attached hydrogens (tertiary/aromatic N) is 3. The monoisotopic (exact) mass is 260 g/mol. The molecule has 96 valence electrons. The molecule has 4 nitrogen and oxygen atoms in total. The molecule has 4 heteroatoms. The van der Waals surface area contributed by atoms with Gasteiger partial charge in [0, 0.05) is 0 Å². The van der Waals surface area contributed by atoms with Crippen molar-refractivity contribution < 1.29 is 0 Å². The van der Waals surface area contributed by atoms with Gasteiger partial charge in [-0.25, -0.2) is 0 Å². The summed E-state index contributed by atoms with van der Waals surface area (Å²) in [6.45, 7) is 0. The molecule has 0 radical (unpaired) electrons. The summed E-state index contributed by atoms with van der Waals surface area (Å²) in [5.74, 6) is 2.59. The highest BCUT2D eigenvalue weighted by Gasteiger charge is 2.25. The number of nitrogens with one attached hydrogen (secondary N) is 1. The summed E-state index contributed by atoms with van der Waals surface area (Å²) >= 11 is 0. The van der Waals surface area contributed by atoms with Gasteiger partial charge in [-0.2, -0.15) is 15.8 Å². The van der Waals surface area contributed by atoms with Gasteiger partial charge in [-0.3, -0.25) is 5.41 Å². The molecular weight excluding hydrogens is 248 g/mol. The molecule has 0 aromatic rings. The lowest BCUT2D eigenvalue weighted by Gasteiger charge is -2.28. The Hall–Kier alpha value is -2.86. The fraction of sp³-hybridized carbons (Fsp3) is 0.312. The van der Waals surface area contributed by atoms with Gasteiger partial charge in [0.05, 0.1) is 0 Å². The lowest BCUT2D eigenvalue weighted by Crippen LogP contribution is -2.14. The third-order valence-corrected chi connectivity index (χ3v) is 3.78. The van der Waals surface area contributed by atoms with Gasteiger partial charge in [-0.1, -0.05) is 12.2 Å². The Bertz CT molecular complexity index is 691. The fourth-order valence-electron chi connectivity index (χ4n) is 2.70. The second kappa shape index (κ2) is 5.85. The molecule has 20 heavy (non-hydrogen) atoms. The highest BCUT2D eigenvalue weighted by atomic mass is 14.4. The summed E-state index contributed by atoms with van der Waals surface area (Å²) in [4.78, 5) is 0. The third-order valence-electron chi connectivity index (χ3n) is 3.78. The zero-order chi connectivity index (χ0) is 14.5. The van der Waals surface area contributed by atoms with Crippen LogP contribution < -0.4 is 0 Å². The predicted octanol–water partition coefficient (Wildman–Crippen LogP) is 3.09. The molecule has 0 aromatic carbocycles. The largest absolute Gasteiger partial charge is 0.258 e. The first-order valence-corrected chi connectivity index (χ1v) is 6.39. The van der Waals surface area contributed by atoms with Gasteiger partial charge in [0.25, 0.3) is 0 Å². The Morgan fingerprint density at radius 1 is 1.05 bits per heavy atom. The third kappa shape index (κ3) is 2.45. The minimum atomic E-state index is 0.166. The van der Waals surface area contributed by atoms with Gasteiger partial charge in [0.15, 0.2) is 0 Å². The zero-order valence-electron chi connectivity index (χ0n) is 10.9. The standard InChI is InChI=1S/C16H12N4/c17-7-15(8-18)12-3-1-11-2-4-13(6-14(11)5-12)16(9-19)10-20/h5-6,11,17H,1-4H2. The number of fused-ring (bicyclic) bond motifs is 1. The van der Waals surface area contributed by atoms with E-state index in [4.69, 9.17) is 21.2 Å². The molecule has 2 aliphatic carbocycles. The van der Waals surface area contributed by atoms with Crippen LogP contribution in [0.2, 0.25) is 0 Å². The van der Waals surface area contributed by atoms with E-state index in [1.165, 1.54) is 0 Å². The van der Waals surface area contributed by atoms with Crippen molar-refractivity contribution in [2.45, 2.75) is 25.7 Å². The molecule has 0 bridgehead atoms. The van der Waals surface area contributed by atoms with Crippen molar-refractivity contribution in [3.63, 3.8) is 0 Å². The molecule has 0 aromatic heterocycles. The molecule has 0 heterocycles. The quantitative estimate of drug-likeness (QED) is 0.579. The molecule has 0 saturated carbocycles. The van der Waals surface area contributed by atoms with Crippen LogP contribution in [0.1, 0.15) is 25.7 Å². The van der Waals surface area contributed by atoms with Gasteiger partial charge in [0.2, 0.25) is 0 Å². The van der Waals surface area contributed by atoms with Gasteiger partial charge in [-0.15, -0.1) is 0 Å². The van der Waals surface area contributed by atoms with Crippen molar-refractivity contribution in [1.82, 2.24) is 0 Å². The molecule has 0 aliphatic heterocycles. The Kier molecular flexibility index (Phi) is 3.97. The molecule has 2 rings (SSSR count). The summed E-state index contributed by atoms with van der Waals surface area (Å²) in [5, 5.41) is 34.0. The van der Waals surface area contributed by atoms with E-state index in [1.54, 1.807) is 0 Å². The molecule has 0 amide bonds. The van der Waals surface area contributed by atoms with Crippen LogP contribution in [0.15, 0.2) is 40.0 Å². The average Bonchev–Trinajstić information content (AvgIpc) is 2.49. The second-order valence-corrected chi connectivity index (χ2v) is 4.82. The number of hydrogen-bond donors (Lipinski definition) is 1. The average molecular weight is 260 g/mol. The number of nitriles is 3. The van der Waals surface area contributed by atoms with E-state index in [0.717, 1.165) is 42.4 Å². The van der Waals surface area contributed by atoms with Crippen LogP contribution in [0.4, 0.5) is 0 Å². The summed E-state index contributed by atoms with van der Waals surface area (Å²) in [7, 11) is 0. The van der Waals surface area contributed by atoms with Crippen molar-refractivity contribution in [3.05, 3.63) is 40.0 Å². The summed E-state index contributed by atoms with van der Waals surface area (Å²) in [6, 6.07) is 5.83. The highest BCUT2D eigenvalue weighted by molar-refractivity contribution is 5.69. The molecule has 2 aliphatic rings. The Morgan fingerprint density at radius 2 is 1.75 bits per heavy atom. The molecule has 1 atom stereocenters. The van der Waals surface area contributed by atoms with Crippen molar-refractivity contribution in [3.8, 4) is 18.2 Å². The summed E-state index contributed by atoms with van der Waals surface area (Å²) in [6.07, 6.45) is 7.20.